The van der Waals surface area contributed by atoms with Crippen LogP contribution in [0, 0.1) is 0 Å². The summed E-state index contributed by atoms with van der Waals surface area (Å²) in [5.41, 5.74) is 0.874. The molecule has 0 aliphatic rings. The summed E-state index contributed by atoms with van der Waals surface area (Å²) in [6, 6.07) is 8.88. The molecule has 8 heteroatoms. The van der Waals surface area contributed by atoms with Crippen LogP contribution in [0.2, 0.25) is 5.02 Å². The van der Waals surface area contributed by atoms with E-state index in [1.165, 1.54) is 11.3 Å². The number of benzene rings is 1. The summed E-state index contributed by atoms with van der Waals surface area (Å²) < 4.78 is 0. The fourth-order valence-corrected chi connectivity index (χ4v) is 2.87. The van der Waals surface area contributed by atoms with Crippen molar-refractivity contribution < 1.29 is 24.6 Å². The van der Waals surface area contributed by atoms with Gasteiger partial charge in [-0.1, -0.05) is 23.7 Å². The number of nitrogens with one attached hydrogen (secondary N) is 1. The molecule has 0 unspecified atom stereocenters. The van der Waals surface area contributed by atoms with E-state index in [-0.39, 0.29) is 0 Å². The molecule has 0 saturated carbocycles. The van der Waals surface area contributed by atoms with E-state index in [2.05, 4.69) is 5.32 Å². The van der Waals surface area contributed by atoms with Crippen molar-refractivity contribution in [2.75, 3.05) is 0 Å². The second-order valence-corrected chi connectivity index (χ2v) is 6.15. The summed E-state index contributed by atoms with van der Waals surface area (Å²) in [4.78, 5) is 34.8. The lowest BCUT2D eigenvalue weighted by molar-refractivity contribution is -0.145. The molecule has 0 aliphatic carbocycles. The maximum atomic E-state index is 12.1. The number of amides is 1. The number of rotatable bonds is 6. The van der Waals surface area contributed by atoms with Crippen LogP contribution in [0.3, 0.4) is 0 Å². The highest BCUT2D eigenvalue weighted by Gasteiger charge is 2.24. The molecule has 3 N–H and O–H groups in total. The van der Waals surface area contributed by atoms with E-state index in [9.17, 15) is 14.4 Å². The van der Waals surface area contributed by atoms with Crippen molar-refractivity contribution in [3.8, 4) is 10.4 Å². The van der Waals surface area contributed by atoms with E-state index in [0.29, 0.717) is 9.90 Å². The van der Waals surface area contributed by atoms with Gasteiger partial charge in [-0.25, -0.2) is 4.79 Å². The van der Waals surface area contributed by atoms with Gasteiger partial charge in [-0.3, -0.25) is 9.59 Å². The number of carbonyl (C=O) groups excluding carboxylic acids is 1. The molecule has 2 aromatic rings. The summed E-state index contributed by atoms with van der Waals surface area (Å²) in [6.07, 6.45) is -0.684. The molecule has 120 valence electrons. The minimum atomic E-state index is -1.47. The lowest BCUT2D eigenvalue weighted by atomic mass is 10.2. The average Bonchev–Trinajstić information content (AvgIpc) is 2.96. The predicted octanol–water partition coefficient (Wildman–Crippen LogP) is 2.73. The zero-order valence-corrected chi connectivity index (χ0v) is 13.2. The monoisotopic (exact) mass is 353 g/mol. The van der Waals surface area contributed by atoms with Crippen LogP contribution in [-0.4, -0.2) is 34.1 Å². The molecule has 0 spiro atoms. The van der Waals surface area contributed by atoms with E-state index in [1.54, 1.807) is 36.4 Å². The van der Waals surface area contributed by atoms with Crippen molar-refractivity contribution in [2.24, 2.45) is 0 Å². The lowest BCUT2D eigenvalue weighted by Gasteiger charge is -2.11. The molecule has 1 atom stereocenters. The van der Waals surface area contributed by atoms with Crippen LogP contribution in [0.5, 0.6) is 0 Å². The minimum absolute atomic E-state index is 0.298. The van der Waals surface area contributed by atoms with Gasteiger partial charge in [-0.2, -0.15) is 0 Å². The molecule has 23 heavy (non-hydrogen) atoms. The first kappa shape index (κ1) is 17.0. The molecular weight excluding hydrogens is 342 g/mol. The lowest BCUT2D eigenvalue weighted by Crippen LogP contribution is -2.41. The Bertz CT molecular complexity index is 741. The highest BCUT2D eigenvalue weighted by molar-refractivity contribution is 7.17. The van der Waals surface area contributed by atoms with Gasteiger partial charge in [0.2, 0.25) is 0 Å². The van der Waals surface area contributed by atoms with Crippen LogP contribution in [0.25, 0.3) is 10.4 Å². The number of hydrogen-bond donors (Lipinski definition) is 3. The highest BCUT2D eigenvalue weighted by Crippen LogP contribution is 2.29. The topological polar surface area (TPSA) is 104 Å². The largest absolute Gasteiger partial charge is 0.481 e. The first-order chi connectivity index (χ1) is 10.9. The Morgan fingerprint density at radius 3 is 2.30 bits per heavy atom. The second kappa shape index (κ2) is 7.26. The number of hydrogen-bond acceptors (Lipinski definition) is 4. The normalized spacial score (nSPS) is 11.7. The van der Waals surface area contributed by atoms with Crippen molar-refractivity contribution >= 4 is 40.8 Å². The fraction of sp³-hybridized carbons (Fsp3) is 0.133. The third kappa shape index (κ3) is 4.54. The average molecular weight is 354 g/mol. The molecule has 1 aromatic carbocycles. The quantitative estimate of drug-likeness (QED) is 0.740. The van der Waals surface area contributed by atoms with Gasteiger partial charge >= 0.3 is 11.9 Å². The van der Waals surface area contributed by atoms with Crippen molar-refractivity contribution in [3.05, 3.63) is 46.3 Å². The van der Waals surface area contributed by atoms with Gasteiger partial charge in [-0.05, 0) is 29.8 Å². The second-order valence-electron chi connectivity index (χ2n) is 4.63. The molecule has 1 heterocycles. The molecule has 1 aromatic heterocycles. The molecule has 0 fully saturated rings. The highest BCUT2D eigenvalue weighted by atomic mass is 35.5. The number of carbonyl (C=O) groups is 3. The number of carboxylic acids is 2. The zero-order valence-electron chi connectivity index (χ0n) is 11.7. The van der Waals surface area contributed by atoms with Crippen LogP contribution >= 0.6 is 22.9 Å². The van der Waals surface area contributed by atoms with Crippen molar-refractivity contribution in [3.63, 3.8) is 0 Å². The van der Waals surface area contributed by atoms with Gasteiger partial charge in [-0.15, -0.1) is 11.3 Å². The summed E-state index contributed by atoms with van der Waals surface area (Å²) in [7, 11) is 0. The van der Waals surface area contributed by atoms with E-state index in [1.807, 2.05) is 0 Å². The first-order valence-electron chi connectivity index (χ1n) is 6.48. The molecule has 6 nitrogen and oxygen atoms in total. The number of thiophene rings is 1. The van der Waals surface area contributed by atoms with Crippen molar-refractivity contribution in [2.45, 2.75) is 12.5 Å². The number of aliphatic carboxylic acids is 2. The SMILES string of the molecule is O=C(O)C[C@H](NC(=O)c1ccc(-c2ccc(Cl)cc2)s1)C(=O)O. The van der Waals surface area contributed by atoms with Crippen LogP contribution in [0.15, 0.2) is 36.4 Å². The summed E-state index contributed by atoms with van der Waals surface area (Å²) in [6.45, 7) is 0. The van der Waals surface area contributed by atoms with Crippen LogP contribution in [0.1, 0.15) is 16.1 Å². The molecule has 0 saturated heterocycles. The maximum absolute atomic E-state index is 12.1. The van der Waals surface area contributed by atoms with E-state index in [0.717, 1.165) is 10.4 Å². The van der Waals surface area contributed by atoms with Gasteiger partial charge in [0.1, 0.15) is 6.04 Å². The fourth-order valence-electron chi connectivity index (χ4n) is 1.83. The molecule has 0 radical (unpaired) electrons. The third-order valence-electron chi connectivity index (χ3n) is 2.94. The van der Waals surface area contributed by atoms with E-state index >= 15 is 0 Å². The summed E-state index contributed by atoms with van der Waals surface area (Å²) >= 11 is 7.00. The Hall–Kier alpha value is -2.38. The van der Waals surface area contributed by atoms with E-state index < -0.39 is 30.3 Å². The van der Waals surface area contributed by atoms with Gasteiger partial charge in [0.15, 0.2) is 0 Å². The smallest absolute Gasteiger partial charge is 0.326 e. The Balaban J connectivity index is 2.12. The zero-order chi connectivity index (χ0) is 17.0. The Morgan fingerprint density at radius 1 is 1.09 bits per heavy atom. The van der Waals surface area contributed by atoms with Gasteiger partial charge in [0.25, 0.3) is 5.91 Å². The Morgan fingerprint density at radius 2 is 1.74 bits per heavy atom. The van der Waals surface area contributed by atoms with E-state index in [4.69, 9.17) is 21.8 Å². The first-order valence-corrected chi connectivity index (χ1v) is 7.67. The van der Waals surface area contributed by atoms with Crippen LogP contribution < -0.4 is 5.32 Å². The Kier molecular flexibility index (Phi) is 5.36. The number of halogens is 1. The van der Waals surface area contributed by atoms with Crippen molar-refractivity contribution in [1.82, 2.24) is 5.32 Å². The third-order valence-corrected chi connectivity index (χ3v) is 4.33. The Labute approximate surface area is 140 Å². The van der Waals surface area contributed by atoms with Crippen LogP contribution in [0.4, 0.5) is 0 Å². The summed E-state index contributed by atoms with van der Waals surface area (Å²) in [5.74, 6) is -3.31. The molecular formula is C15H12ClNO5S. The molecule has 0 aliphatic heterocycles. The van der Waals surface area contributed by atoms with Gasteiger partial charge < -0.3 is 15.5 Å². The number of carboxylic acid groups (broad SMARTS) is 2. The molecule has 0 bridgehead atoms. The summed E-state index contributed by atoms with van der Waals surface area (Å²) in [5, 5.41) is 20.4. The predicted molar refractivity (Wildman–Crippen MR) is 85.9 cm³/mol. The molecule has 1 amide bonds. The maximum Gasteiger partial charge on any atom is 0.326 e. The van der Waals surface area contributed by atoms with Crippen LogP contribution in [-0.2, 0) is 9.59 Å². The molecule has 2 rings (SSSR count). The minimum Gasteiger partial charge on any atom is -0.481 e. The van der Waals surface area contributed by atoms with Crippen molar-refractivity contribution in [1.29, 1.82) is 0 Å². The van der Waals surface area contributed by atoms with Gasteiger partial charge in [0.05, 0.1) is 11.3 Å². The standard InChI is InChI=1S/C15H12ClNO5S/c16-9-3-1-8(2-4-9)11-5-6-12(23-11)14(20)17-10(15(21)22)7-13(18)19/h1-6,10H,7H2,(H,17,20)(H,18,19)(H,21,22)/t10-/m0/s1. The van der Waals surface area contributed by atoms with Gasteiger partial charge in [0, 0.05) is 9.90 Å².